The topological polar surface area (TPSA) is 131 Å². The normalized spacial score (nSPS) is 16.3. The number of ether oxygens (including phenoxy) is 3. The minimum Gasteiger partial charge on any atom is -0.493 e. The number of nitrogens with one attached hydrogen (secondary N) is 1. The summed E-state index contributed by atoms with van der Waals surface area (Å²) < 4.78 is 18.6. The fourth-order valence-corrected chi connectivity index (χ4v) is 5.01. The minimum absolute atomic E-state index is 0.188. The molecule has 1 fully saturated rings. The predicted molar refractivity (Wildman–Crippen MR) is 141 cm³/mol. The maximum Gasteiger partial charge on any atom is 0.280 e. The summed E-state index contributed by atoms with van der Waals surface area (Å²) in [4.78, 5) is 30.7. The molecule has 2 aliphatic heterocycles. The third kappa shape index (κ3) is 4.75. The van der Waals surface area contributed by atoms with E-state index in [4.69, 9.17) is 25.0 Å². The summed E-state index contributed by atoms with van der Waals surface area (Å²) in [6.45, 7) is 1.05. The second-order valence-electron chi connectivity index (χ2n) is 9.39. The number of nitrogens with zero attached hydrogens (tertiary/aromatic N) is 3. The average molecular weight is 526 g/mol. The molecule has 4 heterocycles. The highest BCUT2D eigenvalue weighted by atomic mass is 16.7. The van der Waals surface area contributed by atoms with E-state index in [1.807, 2.05) is 48.5 Å². The van der Waals surface area contributed by atoms with Crippen LogP contribution in [-0.4, -0.2) is 58.2 Å². The van der Waals surface area contributed by atoms with Gasteiger partial charge in [0.1, 0.15) is 5.75 Å². The van der Waals surface area contributed by atoms with Crippen LogP contribution in [0.3, 0.4) is 0 Å². The molecule has 1 atom stereocenters. The summed E-state index contributed by atoms with van der Waals surface area (Å²) in [6, 6.07) is 19.7. The molecule has 10 heteroatoms. The highest BCUT2D eigenvalue weighted by molar-refractivity contribution is 5.98. The molecule has 6 rings (SSSR count). The Morgan fingerprint density at radius 3 is 2.64 bits per heavy atom. The van der Waals surface area contributed by atoms with Gasteiger partial charge in [0.25, 0.3) is 17.6 Å². The molecule has 198 valence electrons. The number of benzene rings is 2. The van der Waals surface area contributed by atoms with Crippen molar-refractivity contribution in [3.63, 3.8) is 0 Å². The summed E-state index contributed by atoms with van der Waals surface area (Å²) in [5.74, 6) is -1.82. The van der Waals surface area contributed by atoms with Crippen molar-refractivity contribution >= 4 is 11.8 Å². The molecule has 0 aliphatic carbocycles. The van der Waals surface area contributed by atoms with Gasteiger partial charge in [-0.15, -0.1) is 0 Å². The van der Waals surface area contributed by atoms with E-state index < -0.39 is 23.6 Å². The third-order valence-corrected chi connectivity index (χ3v) is 6.93. The van der Waals surface area contributed by atoms with Crippen molar-refractivity contribution in [3.05, 3.63) is 95.8 Å². The Hall–Kier alpha value is -4.54. The van der Waals surface area contributed by atoms with Gasteiger partial charge in [-0.05, 0) is 53.9 Å². The number of fused-ring (bicyclic) bond motifs is 1. The second-order valence-corrected chi connectivity index (χ2v) is 9.39. The molecule has 2 aliphatic rings. The Balaban J connectivity index is 1.30. The largest absolute Gasteiger partial charge is 0.493 e. The van der Waals surface area contributed by atoms with Gasteiger partial charge in [0.15, 0.2) is 5.82 Å². The summed E-state index contributed by atoms with van der Waals surface area (Å²) in [5, 5.41) is 7.63. The van der Waals surface area contributed by atoms with E-state index in [2.05, 4.69) is 16.4 Å². The Bertz CT molecular complexity index is 1510. The van der Waals surface area contributed by atoms with E-state index >= 15 is 0 Å². The minimum atomic E-state index is -1.79. The van der Waals surface area contributed by atoms with Gasteiger partial charge in [0, 0.05) is 24.4 Å². The van der Waals surface area contributed by atoms with E-state index in [1.165, 1.54) is 0 Å². The number of carbonyl (C=O) groups is 2. The van der Waals surface area contributed by atoms with Crippen LogP contribution in [0.25, 0.3) is 17.1 Å². The van der Waals surface area contributed by atoms with Crippen LogP contribution in [0.4, 0.5) is 0 Å². The number of primary amides is 1. The van der Waals surface area contributed by atoms with Crippen LogP contribution in [0.2, 0.25) is 0 Å². The number of pyridine rings is 1. The van der Waals surface area contributed by atoms with Crippen LogP contribution in [0.1, 0.15) is 21.5 Å². The third-order valence-electron chi connectivity index (χ3n) is 6.93. The van der Waals surface area contributed by atoms with E-state index in [0.717, 1.165) is 34.6 Å². The molecule has 2 amide bonds. The first kappa shape index (κ1) is 24.8. The van der Waals surface area contributed by atoms with Crippen LogP contribution in [0, 0.1) is 0 Å². The summed E-state index contributed by atoms with van der Waals surface area (Å²) >= 11 is 0. The summed E-state index contributed by atoms with van der Waals surface area (Å²) in [7, 11) is 0. The number of nitrogens with two attached hydrogens (primary N) is 1. The Morgan fingerprint density at radius 2 is 1.85 bits per heavy atom. The van der Waals surface area contributed by atoms with Crippen molar-refractivity contribution in [1.82, 2.24) is 20.1 Å². The van der Waals surface area contributed by atoms with Gasteiger partial charge in [-0.3, -0.25) is 9.59 Å². The number of carbonyl (C=O) groups excluding carboxylic acids is 2. The van der Waals surface area contributed by atoms with Crippen molar-refractivity contribution in [3.8, 4) is 22.8 Å². The molecule has 2 aromatic heterocycles. The zero-order valence-corrected chi connectivity index (χ0v) is 21.1. The van der Waals surface area contributed by atoms with Crippen LogP contribution >= 0.6 is 0 Å². The molecule has 10 nitrogen and oxygen atoms in total. The molecule has 0 bridgehead atoms. The van der Waals surface area contributed by atoms with Gasteiger partial charge < -0.3 is 25.3 Å². The van der Waals surface area contributed by atoms with Crippen LogP contribution in [0.5, 0.6) is 5.75 Å². The molecule has 1 saturated heterocycles. The van der Waals surface area contributed by atoms with Crippen molar-refractivity contribution in [2.75, 3.05) is 19.8 Å². The molecule has 0 spiro atoms. The van der Waals surface area contributed by atoms with Crippen LogP contribution in [0.15, 0.2) is 79.1 Å². The van der Waals surface area contributed by atoms with E-state index in [-0.39, 0.29) is 25.2 Å². The van der Waals surface area contributed by atoms with Gasteiger partial charge in [-0.1, -0.05) is 30.3 Å². The first-order valence-corrected chi connectivity index (χ1v) is 12.7. The predicted octanol–water partition coefficient (Wildman–Crippen LogP) is 2.44. The van der Waals surface area contributed by atoms with E-state index in [9.17, 15) is 9.59 Å². The van der Waals surface area contributed by atoms with Crippen molar-refractivity contribution in [1.29, 1.82) is 0 Å². The Morgan fingerprint density at radius 1 is 1.03 bits per heavy atom. The molecule has 3 N–H and O–H groups in total. The lowest BCUT2D eigenvalue weighted by Crippen LogP contribution is -2.61. The standard InChI is InChI=1S/C29H27N5O5/c30-28(36)29(38-15-16-39-29)25(17-19-5-2-1-3-6-19)32-27(35)22-7-4-12-31-26(22)34-13-10-23(33-34)20-8-9-24-21(18-20)11-14-37-24/h1-10,12-13,18,25H,11,14-17H2,(H2,30,36)(H,32,35). The second kappa shape index (κ2) is 10.3. The lowest BCUT2D eigenvalue weighted by atomic mass is 9.97. The van der Waals surface area contributed by atoms with E-state index in [1.54, 1.807) is 29.2 Å². The maximum absolute atomic E-state index is 13.7. The lowest BCUT2D eigenvalue weighted by Gasteiger charge is -2.33. The average Bonchev–Trinajstić information content (AvgIpc) is 3.74. The van der Waals surface area contributed by atoms with Crippen molar-refractivity contribution in [2.24, 2.45) is 5.73 Å². The zero-order valence-electron chi connectivity index (χ0n) is 21.1. The summed E-state index contributed by atoms with van der Waals surface area (Å²) in [6.07, 6.45) is 4.47. The fraction of sp³-hybridized carbons (Fsp3) is 0.241. The smallest absolute Gasteiger partial charge is 0.280 e. The number of aromatic nitrogens is 3. The fourth-order valence-electron chi connectivity index (χ4n) is 5.01. The quantitative estimate of drug-likeness (QED) is 0.361. The Kier molecular flexibility index (Phi) is 6.55. The van der Waals surface area contributed by atoms with E-state index in [0.29, 0.717) is 12.4 Å². The number of hydrogen-bond acceptors (Lipinski definition) is 7. The SMILES string of the molecule is NC(=O)C1(C(Cc2ccccc2)NC(=O)c2cccnc2-n2ccc(-c3ccc4c(c3)CCO4)n2)OCCO1. The molecular weight excluding hydrogens is 498 g/mol. The molecule has 0 saturated carbocycles. The molecule has 0 radical (unpaired) electrons. The van der Waals surface area contributed by atoms with Gasteiger partial charge in [-0.2, -0.15) is 5.10 Å². The van der Waals surface area contributed by atoms with Crippen molar-refractivity contribution < 1.29 is 23.8 Å². The lowest BCUT2D eigenvalue weighted by molar-refractivity contribution is -0.189. The van der Waals surface area contributed by atoms with Gasteiger partial charge in [0.05, 0.1) is 37.1 Å². The molecule has 2 aromatic carbocycles. The van der Waals surface area contributed by atoms with Gasteiger partial charge >= 0.3 is 0 Å². The zero-order chi connectivity index (χ0) is 26.8. The number of amides is 2. The number of rotatable bonds is 8. The summed E-state index contributed by atoms with van der Waals surface area (Å²) in [5.41, 5.74) is 9.72. The first-order valence-electron chi connectivity index (χ1n) is 12.7. The highest BCUT2D eigenvalue weighted by Crippen LogP contribution is 2.30. The monoisotopic (exact) mass is 525 g/mol. The van der Waals surface area contributed by atoms with Gasteiger partial charge in [0.2, 0.25) is 0 Å². The van der Waals surface area contributed by atoms with Gasteiger partial charge in [-0.25, -0.2) is 9.67 Å². The first-order chi connectivity index (χ1) is 19.0. The maximum atomic E-state index is 13.7. The molecule has 4 aromatic rings. The van der Waals surface area contributed by atoms with Crippen molar-refractivity contribution in [2.45, 2.75) is 24.7 Å². The van der Waals surface area contributed by atoms with Crippen LogP contribution in [-0.2, 0) is 27.1 Å². The highest BCUT2D eigenvalue weighted by Gasteiger charge is 2.51. The molecular formula is C29H27N5O5. The Labute approximate surface area is 224 Å². The van der Waals surface area contributed by atoms with Crippen LogP contribution < -0.4 is 15.8 Å². The number of hydrogen-bond donors (Lipinski definition) is 2. The molecule has 39 heavy (non-hydrogen) atoms. The molecule has 1 unspecified atom stereocenters.